The van der Waals surface area contributed by atoms with Crippen LogP contribution in [-0.4, -0.2) is 35.1 Å². The summed E-state index contributed by atoms with van der Waals surface area (Å²) in [4.78, 5) is 21.8. The lowest BCUT2D eigenvalue weighted by atomic mass is 9.91. The first kappa shape index (κ1) is 21.7. The second kappa shape index (κ2) is 8.02. The Morgan fingerprint density at radius 2 is 2.06 bits per heavy atom. The molecule has 1 amide bonds. The fourth-order valence-corrected chi connectivity index (χ4v) is 5.44. The van der Waals surface area contributed by atoms with Gasteiger partial charge in [-0.25, -0.2) is 9.97 Å². The molecular weight excluding hydrogens is 436 g/mol. The Kier molecular flexibility index (Phi) is 5.28. The van der Waals surface area contributed by atoms with E-state index in [1.165, 1.54) is 5.57 Å². The van der Waals surface area contributed by atoms with Crippen LogP contribution in [0.4, 0.5) is 0 Å². The van der Waals surface area contributed by atoms with E-state index in [2.05, 4.69) is 24.5 Å². The van der Waals surface area contributed by atoms with Crippen LogP contribution in [0.2, 0.25) is 0 Å². The highest BCUT2D eigenvalue weighted by molar-refractivity contribution is 7.13. The van der Waals surface area contributed by atoms with Crippen molar-refractivity contribution in [1.29, 1.82) is 0 Å². The normalized spacial score (nSPS) is 21.7. The summed E-state index contributed by atoms with van der Waals surface area (Å²) >= 11 is 1.58. The van der Waals surface area contributed by atoms with Crippen LogP contribution < -0.4 is 20.5 Å². The first-order valence-corrected chi connectivity index (χ1v) is 12.0. The number of aryl methyl sites for hydroxylation is 1. The van der Waals surface area contributed by atoms with Crippen LogP contribution in [0.3, 0.4) is 0 Å². The number of ether oxygens (including phenoxy) is 2. The highest BCUT2D eigenvalue weighted by Gasteiger charge is 2.46. The molecule has 2 aliphatic rings. The van der Waals surface area contributed by atoms with E-state index in [1.54, 1.807) is 18.4 Å². The van der Waals surface area contributed by atoms with E-state index in [9.17, 15) is 4.79 Å². The number of nitrogens with zero attached hydrogens (tertiary/aromatic N) is 2. The number of carbonyl (C=O) groups is 1. The van der Waals surface area contributed by atoms with Gasteiger partial charge in [0.25, 0.3) is 0 Å². The van der Waals surface area contributed by atoms with Crippen molar-refractivity contribution < 1.29 is 14.3 Å². The summed E-state index contributed by atoms with van der Waals surface area (Å²) in [5.74, 6) is 1.38. The van der Waals surface area contributed by atoms with Gasteiger partial charge in [0.2, 0.25) is 5.91 Å². The number of carbonyl (C=O) groups excluding carboxylic acids is 1. The zero-order valence-corrected chi connectivity index (χ0v) is 20.2. The van der Waals surface area contributed by atoms with Gasteiger partial charge in [-0.15, -0.1) is 11.3 Å². The minimum Gasteiger partial charge on any atom is -0.496 e. The lowest BCUT2D eigenvalue weighted by Crippen LogP contribution is -2.50. The number of hydrogen-bond donors (Lipinski definition) is 2. The maximum atomic E-state index is 12.0. The molecule has 0 fully saturated rings. The second-order valence-electron chi connectivity index (χ2n) is 9.13. The Bertz CT molecular complexity index is 1300. The maximum Gasteiger partial charge on any atom is 0.240 e. The molecule has 0 radical (unpaired) electrons. The third-order valence-electron chi connectivity index (χ3n) is 6.57. The number of pyridine rings is 1. The van der Waals surface area contributed by atoms with E-state index in [0.29, 0.717) is 5.92 Å². The molecule has 3 heterocycles. The van der Waals surface area contributed by atoms with Crippen molar-refractivity contribution in [2.24, 2.45) is 11.7 Å². The average Bonchev–Trinajstić information content (AvgIpc) is 3.38. The average molecular weight is 465 g/mol. The van der Waals surface area contributed by atoms with Gasteiger partial charge in [-0.3, -0.25) is 4.79 Å². The molecule has 172 valence electrons. The molecule has 1 aliphatic heterocycles. The fourth-order valence-electron chi connectivity index (χ4n) is 4.50. The Labute approximate surface area is 197 Å². The topological polar surface area (TPSA) is 99.4 Å². The number of nitrogens with two attached hydrogens (primary N) is 1. The summed E-state index contributed by atoms with van der Waals surface area (Å²) < 4.78 is 12.2. The molecule has 0 saturated heterocycles. The molecule has 0 spiro atoms. The van der Waals surface area contributed by atoms with E-state index < -0.39 is 6.04 Å². The van der Waals surface area contributed by atoms with Crippen LogP contribution in [0.25, 0.3) is 21.6 Å². The number of rotatable bonds is 6. The first-order chi connectivity index (χ1) is 15.8. The van der Waals surface area contributed by atoms with E-state index in [-0.39, 0.29) is 17.9 Å². The molecule has 3 N–H and O–H groups in total. The standard InChI is InChI=1S/C25H28N4O3S/c1-11(2)18-10-33-25(29-18)17-9-20(14-6-7-19(31-5)12(3)21(14)28-17)32-23-13(4)22(24(26)30)27-16-8-15(16)23/h6-7,9-11,13,22-23,27H,8H2,1-5H3,(H2,26,30)/t13-,22-,23+/m0/s1. The summed E-state index contributed by atoms with van der Waals surface area (Å²) in [6.45, 7) is 8.26. The lowest BCUT2D eigenvalue weighted by Gasteiger charge is -2.31. The molecule has 0 bridgehead atoms. The molecular formula is C25H28N4O3S. The number of amides is 1. The smallest absolute Gasteiger partial charge is 0.240 e. The highest BCUT2D eigenvalue weighted by Crippen LogP contribution is 2.44. The predicted octanol–water partition coefficient (Wildman–Crippen LogP) is 4.30. The molecule has 3 aromatic rings. The third kappa shape index (κ3) is 3.72. The predicted molar refractivity (Wildman–Crippen MR) is 130 cm³/mol. The van der Waals surface area contributed by atoms with Crippen molar-refractivity contribution in [1.82, 2.24) is 15.3 Å². The van der Waals surface area contributed by atoms with Crippen LogP contribution in [0.1, 0.15) is 44.4 Å². The van der Waals surface area contributed by atoms with Gasteiger partial charge >= 0.3 is 0 Å². The number of primary amides is 1. The monoisotopic (exact) mass is 464 g/mol. The summed E-state index contributed by atoms with van der Waals surface area (Å²) in [6, 6.07) is 5.44. The van der Waals surface area contributed by atoms with Gasteiger partial charge in [0.1, 0.15) is 34.3 Å². The molecule has 3 atom stereocenters. The Morgan fingerprint density at radius 3 is 2.73 bits per heavy atom. The van der Waals surface area contributed by atoms with Crippen LogP contribution in [0, 0.1) is 12.8 Å². The Hall–Kier alpha value is -3.13. The van der Waals surface area contributed by atoms with Crippen molar-refractivity contribution in [2.75, 3.05) is 7.11 Å². The number of fused-ring (bicyclic) bond motifs is 1. The number of methoxy groups -OCH3 is 1. The van der Waals surface area contributed by atoms with Gasteiger partial charge in [-0.2, -0.15) is 0 Å². The quantitative estimate of drug-likeness (QED) is 0.564. The summed E-state index contributed by atoms with van der Waals surface area (Å²) in [7, 11) is 1.66. The van der Waals surface area contributed by atoms with Gasteiger partial charge in [-0.1, -0.05) is 20.8 Å². The van der Waals surface area contributed by atoms with Crippen LogP contribution >= 0.6 is 11.3 Å². The Balaban J connectivity index is 1.63. The van der Waals surface area contributed by atoms with Crippen molar-refractivity contribution >= 4 is 28.1 Å². The first-order valence-electron chi connectivity index (χ1n) is 11.2. The van der Waals surface area contributed by atoms with Gasteiger partial charge in [0, 0.05) is 40.4 Å². The van der Waals surface area contributed by atoms with E-state index in [4.69, 9.17) is 25.2 Å². The summed E-state index contributed by atoms with van der Waals surface area (Å²) in [5, 5.41) is 7.10. The number of hydrogen-bond acceptors (Lipinski definition) is 7. The SMILES string of the molecule is COc1ccc2c(O[C@H]3C4=C(C4)N[C@H](C(N)=O)[C@@H]3C)cc(-c3nc(C(C)C)cs3)nc2c1C. The molecule has 2 aromatic heterocycles. The van der Waals surface area contributed by atoms with Crippen molar-refractivity contribution in [2.45, 2.75) is 52.2 Å². The minimum atomic E-state index is -0.446. The number of aromatic nitrogens is 2. The van der Waals surface area contributed by atoms with Gasteiger partial charge in [-0.05, 0) is 30.5 Å². The molecule has 0 saturated carbocycles. The summed E-state index contributed by atoms with van der Waals surface area (Å²) in [5.41, 5.74) is 11.5. The molecule has 7 nitrogen and oxygen atoms in total. The summed E-state index contributed by atoms with van der Waals surface area (Å²) in [6.07, 6.45) is 0.605. The largest absolute Gasteiger partial charge is 0.496 e. The van der Waals surface area contributed by atoms with Gasteiger partial charge < -0.3 is 20.5 Å². The number of nitrogens with one attached hydrogen (secondary N) is 1. The van der Waals surface area contributed by atoms with Crippen LogP contribution in [-0.2, 0) is 4.79 Å². The molecule has 1 aromatic carbocycles. The Morgan fingerprint density at radius 1 is 1.27 bits per heavy atom. The van der Waals surface area contributed by atoms with Crippen molar-refractivity contribution in [3.8, 4) is 22.2 Å². The van der Waals surface area contributed by atoms with E-state index in [1.807, 2.05) is 32.0 Å². The zero-order chi connectivity index (χ0) is 23.4. The van der Waals surface area contributed by atoms with Gasteiger partial charge in [0.05, 0.1) is 18.3 Å². The van der Waals surface area contributed by atoms with Crippen molar-refractivity contribution in [3.05, 3.63) is 46.1 Å². The zero-order valence-electron chi connectivity index (χ0n) is 19.4. The lowest BCUT2D eigenvalue weighted by molar-refractivity contribution is -0.121. The molecule has 1 aliphatic carbocycles. The highest BCUT2D eigenvalue weighted by atomic mass is 32.1. The maximum absolute atomic E-state index is 12.0. The van der Waals surface area contributed by atoms with Crippen LogP contribution in [0.5, 0.6) is 11.5 Å². The number of benzene rings is 1. The number of allylic oxidation sites excluding steroid dienone is 1. The fraction of sp³-hybridized carbons (Fsp3) is 0.400. The molecule has 0 unspecified atom stereocenters. The van der Waals surface area contributed by atoms with Crippen molar-refractivity contribution in [3.63, 3.8) is 0 Å². The minimum absolute atomic E-state index is 0.0952. The van der Waals surface area contributed by atoms with Crippen LogP contribution in [0.15, 0.2) is 34.8 Å². The van der Waals surface area contributed by atoms with E-state index >= 15 is 0 Å². The third-order valence-corrected chi connectivity index (χ3v) is 7.45. The molecule has 5 rings (SSSR count). The molecule has 8 heteroatoms. The van der Waals surface area contributed by atoms with E-state index in [0.717, 1.165) is 56.5 Å². The number of thiazole rings is 1. The molecule has 33 heavy (non-hydrogen) atoms. The van der Waals surface area contributed by atoms with Gasteiger partial charge in [0.15, 0.2) is 0 Å². The second-order valence-corrected chi connectivity index (χ2v) is 9.99.